The van der Waals surface area contributed by atoms with Crippen LogP contribution in [0, 0.1) is 0 Å². The molecule has 0 radical (unpaired) electrons. The van der Waals surface area contributed by atoms with Crippen molar-refractivity contribution in [1.29, 1.82) is 0 Å². The molecule has 0 N–H and O–H groups in total. The Kier molecular flexibility index (Phi) is 3.37. The second-order valence-electron chi connectivity index (χ2n) is 3.88. The monoisotopic (exact) mass is 199 g/mol. The molecule has 2 aliphatic heterocycles. The molecule has 0 saturated carbocycles. The van der Waals surface area contributed by atoms with E-state index in [0.717, 1.165) is 32.4 Å². The predicted octanol–water partition coefficient (Wildman–Crippen LogP) is 1.11. The summed E-state index contributed by atoms with van der Waals surface area (Å²) in [6.45, 7) is 2.22. The van der Waals surface area contributed by atoms with E-state index in [0.29, 0.717) is 13.0 Å². The number of nitrogens with zero attached hydrogens (tertiary/aromatic N) is 1. The Hall–Kier alpha value is -0.610. The molecular formula is C10H17NO3. The largest absolute Gasteiger partial charge is 0.378 e. The van der Waals surface area contributed by atoms with Gasteiger partial charge < -0.3 is 4.74 Å². The first-order chi connectivity index (χ1) is 6.86. The first-order valence-corrected chi connectivity index (χ1v) is 5.41. The predicted molar refractivity (Wildman–Crippen MR) is 50.5 cm³/mol. The molecule has 4 heteroatoms. The Bertz CT molecular complexity index is 196. The van der Waals surface area contributed by atoms with E-state index in [1.807, 2.05) is 0 Å². The first kappa shape index (κ1) is 9.93. The van der Waals surface area contributed by atoms with E-state index in [1.54, 1.807) is 0 Å². The fraction of sp³-hybridized carbons (Fsp3) is 0.900. The number of amides is 1. The maximum Gasteiger partial charge on any atom is 0.248 e. The van der Waals surface area contributed by atoms with Crippen molar-refractivity contribution in [2.45, 2.75) is 38.2 Å². The number of carbonyl (C=O) groups excluding carboxylic acids is 1. The van der Waals surface area contributed by atoms with Gasteiger partial charge in [0.1, 0.15) is 0 Å². The maximum atomic E-state index is 11.6. The van der Waals surface area contributed by atoms with E-state index >= 15 is 0 Å². The molecule has 0 bridgehead atoms. The second kappa shape index (κ2) is 4.75. The maximum absolute atomic E-state index is 11.6. The molecule has 4 nitrogen and oxygen atoms in total. The molecule has 1 unspecified atom stereocenters. The highest BCUT2D eigenvalue weighted by Gasteiger charge is 2.24. The van der Waals surface area contributed by atoms with Crippen molar-refractivity contribution in [3.63, 3.8) is 0 Å². The molecule has 2 aliphatic rings. The molecule has 14 heavy (non-hydrogen) atoms. The average molecular weight is 199 g/mol. The Morgan fingerprint density at radius 3 is 2.86 bits per heavy atom. The van der Waals surface area contributed by atoms with Crippen LogP contribution >= 0.6 is 0 Å². The third-order valence-corrected chi connectivity index (χ3v) is 2.71. The van der Waals surface area contributed by atoms with E-state index in [-0.39, 0.29) is 12.0 Å². The zero-order valence-electron chi connectivity index (χ0n) is 8.41. The molecule has 1 atom stereocenters. The quantitative estimate of drug-likeness (QED) is 0.668. The molecule has 0 spiro atoms. The zero-order chi connectivity index (χ0) is 9.80. The van der Waals surface area contributed by atoms with Crippen molar-refractivity contribution in [1.82, 2.24) is 5.06 Å². The van der Waals surface area contributed by atoms with E-state index in [1.165, 1.54) is 11.5 Å². The van der Waals surface area contributed by atoms with E-state index in [2.05, 4.69) is 0 Å². The Balaban J connectivity index is 1.75. The van der Waals surface area contributed by atoms with Gasteiger partial charge in [-0.15, -0.1) is 0 Å². The second-order valence-corrected chi connectivity index (χ2v) is 3.88. The van der Waals surface area contributed by atoms with Crippen LogP contribution in [0.5, 0.6) is 0 Å². The fourth-order valence-corrected chi connectivity index (χ4v) is 1.91. The van der Waals surface area contributed by atoms with E-state index in [9.17, 15) is 4.79 Å². The fourth-order valence-electron chi connectivity index (χ4n) is 1.91. The van der Waals surface area contributed by atoms with Crippen LogP contribution in [0.1, 0.15) is 32.1 Å². The van der Waals surface area contributed by atoms with Crippen molar-refractivity contribution in [2.75, 3.05) is 19.8 Å². The van der Waals surface area contributed by atoms with Gasteiger partial charge in [-0.2, -0.15) is 0 Å². The summed E-state index contributed by atoms with van der Waals surface area (Å²) in [6.07, 6.45) is 4.89. The molecule has 0 aromatic carbocycles. The van der Waals surface area contributed by atoms with Crippen LogP contribution in [0.4, 0.5) is 0 Å². The SMILES string of the molecule is O=C(CC1CCCCO1)N1CCCO1. The Labute approximate surface area is 84.1 Å². The summed E-state index contributed by atoms with van der Waals surface area (Å²) in [4.78, 5) is 16.8. The van der Waals surface area contributed by atoms with Gasteiger partial charge >= 0.3 is 0 Å². The van der Waals surface area contributed by atoms with Crippen molar-refractivity contribution in [3.05, 3.63) is 0 Å². The van der Waals surface area contributed by atoms with Crippen molar-refractivity contribution < 1.29 is 14.4 Å². The van der Waals surface area contributed by atoms with Crippen molar-refractivity contribution in [3.8, 4) is 0 Å². The van der Waals surface area contributed by atoms with Gasteiger partial charge in [0, 0.05) is 6.61 Å². The third kappa shape index (κ3) is 2.45. The van der Waals surface area contributed by atoms with E-state index in [4.69, 9.17) is 9.57 Å². The van der Waals surface area contributed by atoms with Gasteiger partial charge in [-0.3, -0.25) is 9.63 Å². The standard InChI is InChI=1S/C10H17NO3/c12-10(11-5-3-7-14-11)8-9-4-1-2-6-13-9/h9H,1-8H2. The minimum absolute atomic E-state index is 0.0781. The molecule has 0 aliphatic carbocycles. The summed E-state index contributed by atoms with van der Waals surface area (Å²) in [6, 6.07) is 0. The normalized spacial score (nSPS) is 28.0. The molecule has 2 fully saturated rings. The molecule has 1 amide bonds. The first-order valence-electron chi connectivity index (χ1n) is 5.41. The molecule has 2 saturated heterocycles. The lowest BCUT2D eigenvalue weighted by atomic mass is 10.1. The van der Waals surface area contributed by atoms with Gasteiger partial charge in [0.2, 0.25) is 5.91 Å². The van der Waals surface area contributed by atoms with Crippen molar-refractivity contribution >= 4 is 5.91 Å². The van der Waals surface area contributed by atoms with Crippen LogP contribution in [0.15, 0.2) is 0 Å². The molecule has 0 aromatic rings. The van der Waals surface area contributed by atoms with Crippen LogP contribution in [-0.4, -0.2) is 36.8 Å². The summed E-state index contributed by atoms with van der Waals surface area (Å²) >= 11 is 0. The van der Waals surface area contributed by atoms with Gasteiger partial charge in [-0.25, -0.2) is 5.06 Å². The number of ether oxygens (including phenoxy) is 1. The number of hydrogen-bond acceptors (Lipinski definition) is 3. The summed E-state index contributed by atoms with van der Waals surface area (Å²) in [5.41, 5.74) is 0. The van der Waals surface area contributed by atoms with Crippen LogP contribution in [0.3, 0.4) is 0 Å². The summed E-state index contributed by atoms with van der Waals surface area (Å²) < 4.78 is 5.51. The lowest BCUT2D eigenvalue weighted by molar-refractivity contribution is -0.172. The minimum Gasteiger partial charge on any atom is -0.378 e. The van der Waals surface area contributed by atoms with Crippen LogP contribution in [0.2, 0.25) is 0 Å². The van der Waals surface area contributed by atoms with Crippen molar-refractivity contribution in [2.24, 2.45) is 0 Å². The van der Waals surface area contributed by atoms with Crippen LogP contribution in [-0.2, 0) is 14.4 Å². The van der Waals surface area contributed by atoms with E-state index < -0.39 is 0 Å². The minimum atomic E-state index is 0.0781. The summed E-state index contributed by atoms with van der Waals surface area (Å²) in [5.74, 6) is 0.0781. The highest BCUT2D eigenvalue weighted by molar-refractivity contribution is 5.75. The molecule has 2 rings (SSSR count). The molecular weight excluding hydrogens is 182 g/mol. The highest BCUT2D eigenvalue weighted by atomic mass is 16.7. The van der Waals surface area contributed by atoms with Crippen LogP contribution in [0.25, 0.3) is 0 Å². The average Bonchev–Trinajstić information content (AvgIpc) is 2.72. The van der Waals surface area contributed by atoms with Gasteiger partial charge in [0.25, 0.3) is 0 Å². The smallest absolute Gasteiger partial charge is 0.248 e. The Morgan fingerprint density at radius 2 is 2.21 bits per heavy atom. The molecule has 80 valence electrons. The number of carbonyl (C=O) groups is 1. The summed E-state index contributed by atoms with van der Waals surface area (Å²) in [7, 11) is 0. The van der Waals surface area contributed by atoms with Gasteiger partial charge in [0.05, 0.1) is 25.7 Å². The number of hydroxylamine groups is 2. The zero-order valence-corrected chi connectivity index (χ0v) is 8.41. The van der Waals surface area contributed by atoms with Gasteiger partial charge in [0.15, 0.2) is 0 Å². The Morgan fingerprint density at radius 1 is 1.29 bits per heavy atom. The number of hydrogen-bond donors (Lipinski definition) is 0. The van der Waals surface area contributed by atoms with Crippen LogP contribution < -0.4 is 0 Å². The topological polar surface area (TPSA) is 38.8 Å². The molecule has 0 aromatic heterocycles. The van der Waals surface area contributed by atoms with Gasteiger partial charge in [-0.05, 0) is 25.7 Å². The highest BCUT2D eigenvalue weighted by Crippen LogP contribution is 2.17. The van der Waals surface area contributed by atoms with Gasteiger partial charge in [-0.1, -0.05) is 0 Å². The molecule has 2 heterocycles. The lowest BCUT2D eigenvalue weighted by Crippen LogP contribution is -2.32. The third-order valence-electron chi connectivity index (χ3n) is 2.71. The number of rotatable bonds is 2. The summed E-state index contributed by atoms with van der Waals surface area (Å²) in [5, 5.41) is 1.48. The lowest BCUT2D eigenvalue weighted by Gasteiger charge is -2.23.